The van der Waals surface area contributed by atoms with Gasteiger partial charge in [0.05, 0.1) is 26.3 Å². The Balaban J connectivity index is 3.02. The summed E-state index contributed by atoms with van der Waals surface area (Å²) in [6, 6.07) is 3.21. The Bertz CT molecular complexity index is 377. The third kappa shape index (κ3) is 2.52. The van der Waals surface area contributed by atoms with Gasteiger partial charge < -0.3 is 20.9 Å². The summed E-state index contributed by atoms with van der Waals surface area (Å²) in [4.78, 5) is 11.1. The number of benzene rings is 1. The quantitative estimate of drug-likeness (QED) is 0.562. The summed E-state index contributed by atoms with van der Waals surface area (Å²) >= 11 is 0. The van der Waals surface area contributed by atoms with Crippen LogP contribution in [-0.4, -0.2) is 20.2 Å². The van der Waals surface area contributed by atoms with Crippen molar-refractivity contribution in [2.45, 2.75) is 6.42 Å². The number of ether oxygens (including phenoxy) is 2. The molecule has 1 aromatic rings. The lowest BCUT2D eigenvalue weighted by molar-refractivity contribution is -0.139. The molecule has 82 valence electrons. The van der Waals surface area contributed by atoms with E-state index in [0.717, 1.165) is 0 Å². The molecule has 1 aromatic carbocycles. The van der Waals surface area contributed by atoms with Gasteiger partial charge in [-0.25, -0.2) is 0 Å². The fourth-order valence-electron chi connectivity index (χ4n) is 1.21. The molecule has 0 saturated carbocycles. The Morgan fingerprint density at radius 1 is 1.27 bits per heavy atom. The Morgan fingerprint density at radius 2 is 1.93 bits per heavy atom. The van der Waals surface area contributed by atoms with Crippen LogP contribution in [0.25, 0.3) is 0 Å². The predicted octanol–water partition coefficient (Wildman–Crippen LogP) is 0.575. The molecule has 0 spiro atoms. The maximum absolute atomic E-state index is 11.1. The van der Waals surface area contributed by atoms with Gasteiger partial charge in [0.15, 0.2) is 0 Å². The molecule has 0 aromatic heterocycles. The average Bonchev–Trinajstić information content (AvgIpc) is 2.21. The van der Waals surface area contributed by atoms with E-state index in [-0.39, 0.29) is 12.4 Å². The molecule has 0 aliphatic carbocycles. The number of methoxy groups -OCH3 is 2. The van der Waals surface area contributed by atoms with E-state index in [9.17, 15) is 4.79 Å². The van der Waals surface area contributed by atoms with Gasteiger partial charge in [-0.1, -0.05) is 0 Å². The summed E-state index contributed by atoms with van der Waals surface area (Å²) in [5.74, 6) is 0.150. The normalized spacial score (nSPS) is 9.73. The van der Waals surface area contributed by atoms with Crippen molar-refractivity contribution in [3.8, 4) is 5.75 Å². The van der Waals surface area contributed by atoms with Crippen LogP contribution in [0.2, 0.25) is 0 Å². The van der Waals surface area contributed by atoms with Crippen molar-refractivity contribution in [2.24, 2.45) is 0 Å². The zero-order valence-electron chi connectivity index (χ0n) is 8.74. The summed E-state index contributed by atoms with van der Waals surface area (Å²) in [6.07, 6.45) is 0.110. The molecular weight excluding hydrogens is 196 g/mol. The Kier molecular flexibility index (Phi) is 3.38. The number of hydrogen-bond donors (Lipinski definition) is 2. The van der Waals surface area contributed by atoms with Crippen molar-refractivity contribution < 1.29 is 14.3 Å². The van der Waals surface area contributed by atoms with E-state index in [0.29, 0.717) is 22.7 Å². The third-order valence-corrected chi connectivity index (χ3v) is 2.05. The van der Waals surface area contributed by atoms with Gasteiger partial charge in [-0.05, 0) is 17.7 Å². The highest BCUT2D eigenvalue weighted by Gasteiger charge is 2.10. The van der Waals surface area contributed by atoms with Crippen LogP contribution < -0.4 is 16.2 Å². The molecule has 0 heterocycles. The number of hydrogen-bond acceptors (Lipinski definition) is 5. The highest BCUT2D eigenvalue weighted by Crippen LogP contribution is 2.27. The fraction of sp³-hybridized carbons (Fsp3) is 0.300. The van der Waals surface area contributed by atoms with Gasteiger partial charge >= 0.3 is 5.97 Å². The topological polar surface area (TPSA) is 87.6 Å². The summed E-state index contributed by atoms with van der Waals surface area (Å²) in [5.41, 5.74) is 12.9. The minimum Gasteiger partial charge on any atom is -0.495 e. The van der Waals surface area contributed by atoms with Gasteiger partial charge in [0, 0.05) is 5.69 Å². The van der Waals surface area contributed by atoms with Crippen molar-refractivity contribution in [3.63, 3.8) is 0 Å². The number of nitrogens with two attached hydrogens (primary N) is 2. The summed E-state index contributed by atoms with van der Waals surface area (Å²) in [5, 5.41) is 0. The first-order valence-corrected chi connectivity index (χ1v) is 4.37. The Labute approximate surface area is 88.0 Å². The van der Waals surface area contributed by atoms with E-state index in [2.05, 4.69) is 4.74 Å². The van der Waals surface area contributed by atoms with Crippen LogP contribution in [0.15, 0.2) is 12.1 Å². The van der Waals surface area contributed by atoms with Gasteiger partial charge in [-0.15, -0.1) is 0 Å². The predicted molar refractivity (Wildman–Crippen MR) is 57.5 cm³/mol. The largest absolute Gasteiger partial charge is 0.495 e. The van der Waals surface area contributed by atoms with Crippen molar-refractivity contribution in [3.05, 3.63) is 17.7 Å². The monoisotopic (exact) mass is 210 g/mol. The molecule has 0 unspecified atom stereocenters. The molecule has 1 rings (SSSR count). The molecule has 0 saturated heterocycles. The lowest BCUT2D eigenvalue weighted by Gasteiger charge is -2.09. The van der Waals surface area contributed by atoms with Gasteiger partial charge in [0.25, 0.3) is 0 Å². The SMILES string of the molecule is COC(=O)Cc1cc(OC)c(N)cc1N. The van der Waals surface area contributed by atoms with Crippen LogP contribution in [0.3, 0.4) is 0 Å². The summed E-state index contributed by atoms with van der Waals surface area (Å²) < 4.78 is 9.57. The fourth-order valence-corrected chi connectivity index (χ4v) is 1.21. The minimum atomic E-state index is -0.353. The minimum absolute atomic E-state index is 0.110. The highest BCUT2D eigenvalue weighted by molar-refractivity contribution is 5.76. The van der Waals surface area contributed by atoms with Gasteiger partial charge in [0.2, 0.25) is 0 Å². The number of anilines is 2. The molecule has 0 atom stereocenters. The van der Waals surface area contributed by atoms with E-state index in [1.165, 1.54) is 14.2 Å². The Morgan fingerprint density at radius 3 is 2.47 bits per heavy atom. The second-order valence-electron chi connectivity index (χ2n) is 3.05. The van der Waals surface area contributed by atoms with Crippen molar-refractivity contribution in [1.82, 2.24) is 0 Å². The standard InChI is InChI=1S/C10H14N2O3/c1-14-9-3-6(4-10(13)15-2)7(11)5-8(9)12/h3,5H,4,11-12H2,1-2H3. The molecule has 0 aliphatic heterocycles. The molecule has 4 N–H and O–H groups in total. The van der Waals surface area contributed by atoms with Crippen LogP contribution in [-0.2, 0) is 16.0 Å². The molecular formula is C10H14N2O3. The van der Waals surface area contributed by atoms with Crippen LogP contribution in [0.4, 0.5) is 11.4 Å². The van der Waals surface area contributed by atoms with Crippen LogP contribution in [0, 0.1) is 0 Å². The first-order valence-electron chi connectivity index (χ1n) is 4.37. The summed E-state index contributed by atoms with van der Waals surface area (Å²) in [7, 11) is 2.83. The average molecular weight is 210 g/mol. The molecule has 0 amide bonds. The lowest BCUT2D eigenvalue weighted by atomic mass is 10.1. The number of carbonyl (C=O) groups is 1. The third-order valence-electron chi connectivity index (χ3n) is 2.05. The first kappa shape index (κ1) is 11.2. The number of carbonyl (C=O) groups excluding carboxylic acids is 1. The summed E-state index contributed by atoms with van der Waals surface area (Å²) in [6.45, 7) is 0. The van der Waals surface area contributed by atoms with Crippen LogP contribution in [0.5, 0.6) is 5.75 Å². The van der Waals surface area contributed by atoms with E-state index in [4.69, 9.17) is 16.2 Å². The lowest BCUT2D eigenvalue weighted by Crippen LogP contribution is -2.08. The number of rotatable bonds is 3. The maximum atomic E-state index is 11.1. The maximum Gasteiger partial charge on any atom is 0.310 e. The molecule has 15 heavy (non-hydrogen) atoms. The van der Waals surface area contributed by atoms with E-state index >= 15 is 0 Å². The number of nitrogen functional groups attached to an aromatic ring is 2. The molecule has 0 radical (unpaired) electrons. The highest BCUT2D eigenvalue weighted by atomic mass is 16.5. The van der Waals surface area contributed by atoms with Crippen LogP contribution in [0.1, 0.15) is 5.56 Å². The second kappa shape index (κ2) is 4.54. The van der Waals surface area contributed by atoms with Crippen molar-refractivity contribution in [2.75, 3.05) is 25.7 Å². The smallest absolute Gasteiger partial charge is 0.310 e. The van der Waals surface area contributed by atoms with Gasteiger partial charge in [-0.2, -0.15) is 0 Å². The molecule has 0 fully saturated rings. The zero-order chi connectivity index (χ0) is 11.4. The zero-order valence-corrected chi connectivity index (χ0v) is 8.74. The van der Waals surface area contributed by atoms with E-state index < -0.39 is 0 Å². The van der Waals surface area contributed by atoms with Crippen molar-refractivity contribution in [1.29, 1.82) is 0 Å². The second-order valence-corrected chi connectivity index (χ2v) is 3.05. The Hall–Kier alpha value is -1.91. The molecule has 5 nitrogen and oxygen atoms in total. The van der Waals surface area contributed by atoms with Crippen LogP contribution >= 0.6 is 0 Å². The number of esters is 1. The van der Waals surface area contributed by atoms with Crippen molar-refractivity contribution >= 4 is 17.3 Å². The van der Waals surface area contributed by atoms with Gasteiger partial charge in [-0.3, -0.25) is 4.79 Å². The van der Waals surface area contributed by atoms with Gasteiger partial charge in [0.1, 0.15) is 5.75 Å². The van der Waals surface area contributed by atoms with E-state index in [1.807, 2.05) is 0 Å². The first-order chi connectivity index (χ1) is 7.08. The molecule has 5 heteroatoms. The van der Waals surface area contributed by atoms with E-state index in [1.54, 1.807) is 12.1 Å². The molecule has 0 aliphatic rings. The molecule has 0 bridgehead atoms.